The second kappa shape index (κ2) is 5.85. The van der Waals surface area contributed by atoms with Gasteiger partial charge >= 0.3 is 6.18 Å². The van der Waals surface area contributed by atoms with Crippen LogP contribution in [0.15, 0.2) is 28.6 Å². The van der Waals surface area contributed by atoms with E-state index in [9.17, 15) is 13.2 Å². The highest BCUT2D eigenvalue weighted by atomic mass is 32.2. The summed E-state index contributed by atoms with van der Waals surface area (Å²) in [4.78, 5) is 3.12. The molecule has 0 fully saturated rings. The van der Waals surface area contributed by atoms with Crippen LogP contribution in [0.25, 0.3) is 0 Å². The molecule has 0 aromatic rings. The van der Waals surface area contributed by atoms with Gasteiger partial charge in [-0.3, -0.25) is 4.99 Å². The Balaban J connectivity index is 4.32. The van der Waals surface area contributed by atoms with Crippen molar-refractivity contribution >= 4 is 17.5 Å². The fourth-order valence-electron chi connectivity index (χ4n) is 0.566. The number of hydrogen-bond acceptors (Lipinski definition) is 2. The smallest absolute Gasteiger partial charge is 0.284 e. The molecule has 0 bridgehead atoms. The van der Waals surface area contributed by atoms with Crippen molar-refractivity contribution in [2.75, 3.05) is 13.3 Å². The second-order valence-corrected chi connectivity index (χ2v) is 2.77. The van der Waals surface area contributed by atoms with E-state index in [4.69, 9.17) is 0 Å². The first-order chi connectivity index (χ1) is 6.02. The van der Waals surface area contributed by atoms with Crippen LogP contribution in [0.2, 0.25) is 0 Å². The molecule has 0 rings (SSSR count). The number of nitrogens with zero attached hydrogens (tertiary/aromatic N) is 1. The van der Waals surface area contributed by atoms with E-state index in [2.05, 4.69) is 4.99 Å². The largest absolute Gasteiger partial charge is 0.432 e. The Morgan fingerprint density at radius 2 is 1.92 bits per heavy atom. The van der Waals surface area contributed by atoms with Gasteiger partial charge in [-0.2, -0.15) is 13.2 Å². The Kier molecular flexibility index (Phi) is 5.53. The fraction of sp³-hybridized carbons (Fsp3) is 0.375. The van der Waals surface area contributed by atoms with E-state index < -0.39 is 11.9 Å². The summed E-state index contributed by atoms with van der Waals surface area (Å²) in [6.07, 6.45) is 1.24. The Bertz CT molecular complexity index is 228. The number of hydrogen-bond donors (Lipinski definition) is 0. The van der Waals surface area contributed by atoms with Gasteiger partial charge in [-0.15, -0.1) is 11.8 Å². The minimum Gasteiger partial charge on any atom is -0.284 e. The maximum absolute atomic E-state index is 12.0. The number of aliphatic imine (C=N–C) groups is 1. The van der Waals surface area contributed by atoms with Gasteiger partial charge in [-0.25, -0.2) is 0 Å². The third-order valence-corrected chi connectivity index (χ3v) is 1.54. The molecule has 0 aliphatic carbocycles. The molecule has 0 aliphatic heterocycles. The maximum Gasteiger partial charge on any atom is 0.432 e. The molecule has 0 radical (unpaired) electrons. The molecule has 1 nitrogen and oxygen atoms in total. The molecule has 0 aromatic carbocycles. The quantitative estimate of drug-likeness (QED) is 0.514. The fourth-order valence-corrected chi connectivity index (χ4v) is 0.814. The summed E-state index contributed by atoms with van der Waals surface area (Å²) in [5.41, 5.74) is -0.877. The van der Waals surface area contributed by atoms with Crippen molar-refractivity contribution in [3.05, 3.63) is 23.6 Å². The lowest BCUT2D eigenvalue weighted by Gasteiger charge is -2.03. The van der Waals surface area contributed by atoms with Crippen molar-refractivity contribution in [2.45, 2.75) is 6.18 Å². The van der Waals surface area contributed by atoms with Crippen molar-refractivity contribution in [3.8, 4) is 0 Å². The van der Waals surface area contributed by atoms with Gasteiger partial charge in [0.05, 0.1) is 0 Å². The predicted octanol–water partition coefficient (Wildman–Crippen LogP) is 3.05. The summed E-state index contributed by atoms with van der Waals surface area (Å²) >= 11 is 1.42. The monoisotopic (exact) mass is 209 g/mol. The topological polar surface area (TPSA) is 12.4 Å². The van der Waals surface area contributed by atoms with Gasteiger partial charge in [-0.1, -0.05) is 12.2 Å². The van der Waals surface area contributed by atoms with Gasteiger partial charge in [0.1, 0.15) is 5.71 Å². The molecule has 0 unspecified atom stereocenters. The van der Waals surface area contributed by atoms with Crippen molar-refractivity contribution in [3.63, 3.8) is 0 Å². The zero-order chi connectivity index (χ0) is 10.3. The van der Waals surface area contributed by atoms with Crippen molar-refractivity contribution < 1.29 is 13.2 Å². The molecule has 13 heavy (non-hydrogen) atoms. The predicted molar refractivity (Wildman–Crippen MR) is 51.2 cm³/mol. The molecule has 0 aliphatic rings. The van der Waals surface area contributed by atoms with E-state index in [-0.39, 0.29) is 0 Å². The molecule has 0 aromatic heterocycles. The average Bonchev–Trinajstić information content (AvgIpc) is 2.02. The molecule has 5 heteroatoms. The lowest BCUT2D eigenvalue weighted by atomic mass is 10.3. The summed E-state index contributed by atoms with van der Waals surface area (Å²) < 4.78 is 36.1. The first-order valence-electron chi connectivity index (χ1n) is 3.42. The Hall–Kier alpha value is -0.710. The minimum absolute atomic E-state index is 0.877. The van der Waals surface area contributed by atoms with Gasteiger partial charge in [0.2, 0.25) is 0 Å². The Morgan fingerprint density at radius 1 is 1.31 bits per heavy atom. The lowest BCUT2D eigenvalue weighted by molar-refractivity contribution is -0.0577. The highest BCUT2D eigenvalue weighted by molar-refractivity contribution is 8.01. The molecule has 74 valence electrons. The number of thioether (sulfide) groups is 1. The van der Waals surface area contributed by atoms with Crippen LogP contribution < -0.4 is 0 Å². The van der Waals surface area contributed by atoms with Crippen LogP contribution in [-0.2, 0) is 0 Å². The highest BCUT2D eigenvalue weighted by Gasteiger charge is 2.32. The minimum atomic E-state index is -4.36. The zero-order valence-corrected chi connectivity index (χ0v) is 8.12. The van der Waals surface area contributed by atoms with E-state index >= 15 is 0 Å². The number of halogens is 3. The van der Waals surface area contributed by atoms with Gasteiger partial charge in [0.15, 0.2) is 0 Å². The third-order valence-electron chi connectivity index (χ3n) is 1.11. The first kappa shape index (κ1) is 12.3. The molecule has 0 atom stereocenters. The Labute approximate surface area is 79.4 Å². The average molecular weight is 209 g/mol. The zero-order valence-electron chi connectivity index (χ0n) is 7.30. The van der Waals surface area contributed by atoms with Crippen LogP contribution in [-0.4, -0.2) is 25.2 Å². The normalized spacial score (nSPS) is 14.7. The molecule has 0 saturated heterocycles. The van der Waals surface area contributed by atoms with E-state index in [1.807, 2.05) is 6.26 Å². The van der Waals surface area contributed by atoms with Crippen molar-refractivity contribution in [2.24, 2.45) is 4.99 Å². The molecule has 0 amide bonds. The van der Waals surface area contributed by atoms with Crippen molar-refractivity contribution in [1.82, 2.24) is 0 Å². The number of rotatable bonds is 3. The van der Waals surface area contributed by atoms with Crippen LogP contribution in [0, 0.1) is 0 Å². The lowest BCUT2D eigenvalue weighted by Crippen LogP contribution is -2.20. The molecular weight excluding hydrogens is 199 g/mol. The number of alkyl halides is 3. The molecule has 0 spiro atoms. The standard InChI is InChI=1S/C8H10F3NS/c1-12-7(8(9,10)11)5-3-4-6-13-2/h3-6H,1-2H3/b5-3-,6-4+,12-7?. The number of allylic oxidation sites excluding steroid dienone is 3. The van der Waals surface area contributed by atoms with Crippen LogP contribution in [0.1, 0.15) is 0 Å². The van der Waals surface area contributed by atoms with Crippen LogP contribution in [0.5, 0.6) is 0 Å². The molecule has 0 heterocycles. The first-order valence-corrected chi connectivity index (χ1v) is 4.71. The van der Waals surface area contributed by atoms with E-state index in [1.165, 1.54) is 23.9 Å². The van der Waals surface area contributed by atoms with Crippen LogP contribution in [0.4, 0.5) is 13.2 Å². The molecule has 0 N–H and O–H groups in total. The Morgan fingerprint density at radius 3 is 2.31 bits per heavy atom. The van der Waals surface area contributed by atoms with E-state index in [1.54, 1.807) is 5.41 Å². The summed E-state index contributed by atoms with van der Waals surface area (Å²) in [5.74, 6) is 0. The SMILES string of the molecule is CN=C(/C=C\C=C\SC)C(F)(F)F. The summed E-state index contributed by atoms with van der Waals surface area (Å²) in [6.45, 7) is 0. The van der Waals surface area contributed by atoms with Gasteiger partial charge in [0, 0.05) is 7.05 Å². The summed E-state index contributed by atoms with van der Waals surface area (Å²) in [5, 5.41) is 1.68. The third kappa shape index (κ3) is 5.52. The summed E-state index contributed by atoms with van der Waals surface area (Å²) in [6, 6.07) is 0. The van der Waals surface area contributed by atoms with E-state index in [0.29, 0.717) is 0 Å². The van der Waals surface area contributed by atoms with Crippen LogP contribution in [0.3, 0.4) is 0 Å². The van der Waals surface area contributed by atoms with Gasteiger partial charge < -0.3 is 0 Å². The van der Waals surface area contributed by atoms with Gasteiger partial charge in [-0.05, 0) is 17.7 Å². The molecule has 0 saturated carbocycles. The maximum atomic E-state index is 12.0. The van der Waals surface area contributed by atoms with Crippen LogP contribution >= 0.6 is 11.8 Å². The second-order valence-electron chi connectivity index (χ2n) is 2.03. The molecular formula is C8H10F3NS. The van der Waals surface area contributed by atoms with E-state index in [0.717, 1.165) is 13.1 Å². The van der Waals surface area contributed by atoms with Gasteiger partial charge in [0.25, 0.3) is 0 Å². The summed E-state index contributed by atoms with van der Waals surface area (Å²) in [7, 11) is 1.12. The van der Waals surface area contributed by atoms with Crippen molar-refractivity contribution in [1.29, 1.82) is 0 Å². The highest BCUT2D eigenvalue weighted by Crippen LogP contribution is 2.17.